The van der Waals surface area contributed by atoms with Gasteiger partial charge in [-0.15, -0.1) is 0 Å². The molecule has 2 rings (SSSR count). The molecular formula is C13H15NO3S. The summed E-state index contributed by atoms with van der Waals surface area (Å²) in [6.07, 6.45) is 2.34. The van der Waals surface area contributed by atoms with Crippen LogP contribution in [0.1, 0.15) is 18.9 Å². The van der Waals surface area contributed by atoms with E-state index in [-0.39, 0.29) is 11.4 Å². The van der Waals surface area contributed by atoms with Crippen LogP contribution in [-0.2, 0) is 14.8 Å². The summed E-state index contributed by atoms with van der Waals surface area (Å²) in [5.74, 6) is -0.429. The molecule has 4 nitrogen and oxygen atoms in total. The fourth-order valence-corrected chi connectivity index (χ4v) is 3.29. The summed E-state index contributed by atoms with van der Waals surface area (Å²) in [5, 5.41) is 0. The molecule has 1 heterocycles. The van der Waals surface area contributed by atoms with Crippen molar-refractivity contribution in [3.63, 3.8) is 0 Å². The van der Waals surface area contributed by atoms with Crippen molar-refractivity contribution in [1.82, 2.24) is 4.31 Å². The molecule has 0 spiro atoms. The predicted octanol–water partition coefficient (Wildman–Crippen LogP) is 1.86. The molecule has 0 aliphatic carbocycles. The monoisotopic (exact) mass is 265 g/mol. The highest BCUT2D eigenvalue weighted by molar-refractivity contribution is 7.89. The molecule has 18 heavy (non-hydrogen) atoms. The van der Waals surface area contributed by atoms with E-state index in [1.165, 1.54) is 12.1 Å². The van der Waals surface area contributed by atoms with Gasteiger partial charge in [0.2, 0.25) is 0 Å². The van der Waals surface area contributed by atoms with Gasteiger partial charge in [-0.3, -0.25) is 4.79 Å². The van der Waals surface area contributed by atoms with Crippen molar-refractivity contribution >= 4 is 15.9 Å². The zero-order chi connectivity index (χ0) is 13.3. The minimum atomic E-state index is -3.72. The van der Waals surface area contributed by atoms with Gasteiger partial charge >= 0.3 is 0 Å². The Bertz CT molecular complexity index is 600. The maximum Gasteiger partial charge on any atom is 0.266 e. The molecular weight excluding hydrogens is 250 g/mol. The average Bonchev–Trinajstić information content (AvgIpc) is 2.33. The first-order valence-corrected chi connectivity index (χ1v) is 7.17. The quantitative estimate of drug-likeness (QED) is 0.820. The Morgan fingerprint density at radius 1 is 1.11 bits per heavy atom. The molecule has 0 aromatic heterocycles. The van der Waals surface area contributed by atoms with Gasteiger partial charge in [0.15, 0.2) is 0 Å². The molecule has 96 valence electrons. The number of rotatable bonds is 2. The number of carbonyl (C=O) groups excluding carboxylic acids is 1. The van der Waals surface area contributed by atoms with E-state index in [2.05, 4.69) is 0 Å². The maximum atomic E-state index is 12.3. The summed E-state index contributed by atoms with van der Waals surface area (Å²) >= 11 is 0. The van der Waals surface area contributed by atoms with Gasteiger partial charge < -0.3 is 0 Å². The van der Waals surface area contributed by atoms with Crippen LogP contribution < -0.4 is 0 Å². The van der Waals surface area contributed by atoms with Crippen molar-refractivity contribution in [3.8, 4) is 0 Å². The Kier molecular flexibility index (Phi) is 3.26. The van der Waals surface area contributed by atoms with Gasteiger partial charge in [-0.25, -0.2) is 12.7 Å². The molecule has 1 amide bonds. The molecule has 1 aliphatic heterocycles. The van der Waals surface area contributed by atoms with E-state index in [4.69, 9.17) is 0 Å². The van der Waals surface area contributed by atoms with E-state index in [1.807, 2.05) is 6.92 Å². The lowest BCUT2D eigenvalue weighted by Crippen LogP contribution is -2.40. The molecule has 0 saturated carbocycles. The second-order valence-corrected chi connectivity index (χ2v) is 6.23. The Morgan fingerprint density at radius 3 is 2.33 bits per heavy atom. The normalized spacial score (nSPS) is 16.7. The second kappa shape index (κ2) is 4.57. The van der Waals surface area contributed by atoms with Gasteiger partial charge in [0.1, 0.15) is 0 Å². The number of sulfonamides is 1. The van der Waals surface area contributed by atoms with Crippen LogP contribution in [0.3, 0.4) is 0 Å². The largest absolute Gasteiger partial charge is 0.268 e. The first-order valence-electron chi connectivity index (χ1n) is 5.73. The summed E-state index contributed by atoms with van der Waals surface area (Å²) in [5.41, 5.74) is 1.46. The van der Waals surface area contributed by atoms with Crippen molar-refractivity contribution in [2.75, 3.05) is 6.54 Å². The van der Waals surface area contributed by atoms with Gasteiger partial charge in [0.05, 0.1) is 4.90 Å². The number of hydrogen-bond donors (Lipinski definition) is 0. The molecule has 1 aromatic rings. The van der Waals surface area contributed by atoms with E-state index in [1.54, 1.807) is 25.1 Å². The van der Waals surface area contributed by atoms with Crippen LogP contribution in [0.25, 0.3) is 0 Å². The first kappa shape index (κ1) is 12.8. The van der Waals surface area contributed by atoms with Crippen molar-refractivity contribution in [2.45, 2.75) is 25.2 Å². The third-order valence-electron chi connectivity index (χ3n) is 2.96. The number of aryl methyl sites for hydroxylation is 1. The van der Waals surface area contributed by atoms with E-state index < -0.39 is 15.9 Å². The fourth-order valence-electron chi connectivity index (χ4n) is 1.85. The van der Waals surface area contributed by atoms with Gasteiger partial charge in [-0.1, -0.05) is 23.8 Å². The third-order valence-corrected chi connectivity index (χ3v) is 4.75. The van der Waals surface area contributed by atoms with Gasteiger partial charge in [-0.05, 0) is 32.4 Å². The van der Waals surface area contributed by atoms with Crippen LogP contribution in [0.4, 0.5) is 0 Å². The second-order valence-electron chi connectivity index (χ2n) is 4.37. The average molecular weight is 265 g/mol. The van der Waals surface area contributed by atoms with Crippen molar-refractivity contribution in [3.05, 3.63) is 41.5 Å². The third kappa shape index (κ3) is 2.18. The van der Waals surface area contributed by atoms with Crippen molar-refractivity contribution in [1.29, 1.82) is 0 Å². The van der Waals surface area contributed by atoms with E-state index in [9.17, 15) is 13.2 Å². The molecule has 0 saturated heterocycles. The highest BCUT2D eigenvalue weighted by Gasteiger charge is 2.31. The van der Waals surface area contributed by atoms with Crippen molar-refractivity contribution in [2.24, 2.45) is 0 Å². The molecule has 0 N–H and O–H groups in total. The van der Waals surface area contributed by atoms with Crippen LogP contribution in [0.2, 0.25) is 0 Å². The highest BCUT2D eigenvalue weighted by Crippen LogP contribution is 2.21. The molecule has 0 fully saturated rings. The first-order chi connectivity index (χ1) is 8.43. The lowest BCUT2D eigenvalue weighted by atomic mass is 10.2. The standard InChI is InChI=1S/C13H15NO3S/c1-10-5-7-12(8-6-10)18(16,17)14-9-3-4-11(2)13(14)15/h4-8H,3,9H2,1-2H3. The van der Waals surface area contributed by atoms with Gasteiger partial charge in [0, 0.05) is 12.1 Å². The number of amides is 1. The minimum Gasteiger partial charge on any atom is -0.268 e. The number of benzene rings is 1. The van der Waals surface area contributed by atoms with Crippen LogP contribution >= 0.6 is 0 Å². The van der Waals surface area contributed by atoms with Crippen LogP contribution in [-0.4, -0.2) is 25.2 Å². The fraction of sp³-hybridized carbons (Fsp3) is 0.308. The molecule has 0 bridgehead atoms. The Balaban J connectivity index is 2.41. The molecule has 1 aromatic carbocycles. The van der Waals surface area contributed by atoms with Crippen LogP contribution in [0.15, 0.2) is 40.8 Å². The number of hydrogen-bond acceptors (Lipinski definition) is 3. The molecule has 1 aliphatic rings. The zero-order valence-electron chi connectivity index (χ0n) is 10.4. The Hall–Kier alpha value is -1.62. The van der Waals surface area contributed by atoms with E-state index >= 15 is 0 Å². The van der Waals surface area contributed by atoms with Crippen LogP contribution in [0, 0.1) is 6.92 Å². The summed E-state index contributed by atoms with van der Waals surface area (Å²) in [7, 11) is -3.72. The van der Waals surface area contributed by atoms with Gasteiger partial charge in [0.25, 0.3) is 15.9 Å². The lowest BCUT2D eigenvalue weighted by molar-refractivity contribution is -0.123. The highest BCUT2D eigenvalue weighted by atomic mass is 32.2. The molecule has 0 radical (unpaired) electrons. The summed E-state index contributed by atoms with van der Waals surface area (Å²) < 4.78 is 25.6. The maximum absolute atomic E-state index is 12.3. The summed E-state index contributed by atoms with van der Waals surface area (Å²) in [6.45, 7) is 3.74. The Labute approximate surface area is 107 Å². The summed E-state index contributed by atoms with van der Waals surface area (Å²) in [4.78, 5) is 12.1. The van der Waals surface area contributed by atoms with E-state index in [0.29, 0.717) is 12.0 Å². The lowest BCUT2D eigenvalue weighted by Gasteiger charge is -2.25. The number of carbonyl (C=O) groups is 1. The van der Waals surface area contributed by atoms with Crippen LogP contribution in [0.5, 0.6) is 0 Å². The van der Waals surface area contributed by atoms with Crippen molar-refractivity contribution < 1.29 is 13.2 Å². The smallest absolute Gasteiger partial charge is 0.266 e. The summed E-state index contributed by atoms with van der Waals surface area (Å²) in [6, 6.07) is 6.52. The van der Waals surface area contributed by atoms with Gasteiger partial charge in [-0.2, -0.15) is 0 Å². The molecule has 5 heteroatoms. The number of nitrogens with zero attached hydrogens (tertiary/aromatic N) is 1. The van der Waals surface area contributed by atoms with E-state index in [0.717, 1.165) is 9.87 Å². The predicted molar refractivity (Wildman–Crippen MR) is 68.5 cm³/mol. The SMILES string of the molecule is CC1=CCCN(S(=O)(=O)c2ccc(C)cc2)C1=O. The topological polar surface area (TPSA) is 54.5 Å². The zero-order valence-corrected chi connectivity index (χ0v) is 11.2. The molecule has 0 atom stereocenters. The minimum absolute atomic E-state index is 0.163. The molecule has 0 unspecified atom stereocenters. The Morgan fingerprint density at radius 2 is 1.72 bits per heavy atom.